The zero-order chi connectivity index (χ0) is 23.0. The van der Waals surface area contributed by atoms with E-state index in [2.05, 4.69) is 29.4 Å². The Morgan fingerprint density at radius 1 is 1.00 bits per heavy atom. The number of nitrogens with two attached hydrogens (primary N) is 2. The number of aromatic nitrogens is 2. The molecule has 0 aliphatic carbocycles. The Bertz CT molecular complexity index is 919. The number of ketones is 1. The Morgan fingerprint density at radius 3 is 2.35 bits per heavy atom. The fourth-order valence-corrected chi connectivity index (χ4v) is 3.31. The van der Waals surface area contributed by atoms with Crippen LogP contribution in [0.15, 0.2) is 24.3 Å². The fourth-order valence-electron chi connectivity index (χ4n) is 3.06. The normalized spacial score (nSPS) is 11.4. The third kappa shape index (κ3) is 8.32. The maximum Gasteiger partial charge on any atom is 0.273 e. The first-order chi connectivity index (χ1) is 14.6. The second-order valence-corrected chi connectivity index (χ2v) is 8.87. The predicted octanol–water partition coefficient (Wildman–Crippen LogP) is 2.74. The maximum atomic E-state index is 12.3. The number of halogens is 2. The second-order valence-electron chi connectivity index (χ2n) is 8.07. The largest absolute Gasteiger partial charge is 0.382 e. The topological polar surface area (TPSA) is 124 Å². The van der Waals surface area contributed by atoms with E-state index in [1.54, 1.807) is 12.1 Å². The zero-order valence-corrected chi connectivity index (χ0v) is 19.3. The molecule has 0 radical (unpaired) electrons. The molecule has 0 saturated heterocycles. The summed E-state index contributed by atoms with van der Waals surface area (Å²) in [4.78, 5) is 32.1. The van der Waals surface area contributed by atoms with E-state index in [1.807, 2.05) is 12.1 Å². The van der Waals surface area contributed by atoms with Crippen LogP contribution < -0.4 is 16.8 Å². The molecular formula is C21H29Cl2N6O2+. The quantitative estimate of drug-likeness (QED) is 0.344. The van der Waals surface area contributed by atoms with Crippen LogP contribution in [0.4, 0.5) is 11.6 Å². The lowest BCUT2D eigenvalue weighted by molar-refractivity contribution is -0.889. The number of unbranched alkanes of at least 4 members (excludes halogenated alkanes) is 1. The van der Waals surface area contributed by atoms with Crippen LogP contribution in [0, 0.1) is 0 Å². The van der Waals surface area contributed by atoms with Gasteiger partial charge in [0.2, 0.25) is 0 Å². The number of carbonyl (C=O) groups is 2. The minimum atomic E-state index is -0.445. The number of nitrogens with zero attached hydrogens (tertiary/aromatic N) is 3. The van der Waals surface area contributed by atoms with Gasteiger partial charge in [0, 0.05) is 17.9 Å². The minimum absolute atomic E-state index is 0.0137. The summed E-state index contributed by atoms with van der Waals surface area (Å²) in [7, 11) is 4.16. The average Bonchev–Trinajstić information content (AvgIpc) is 2.69. The molecule has 1 aromatic carbocycles. The second kappa shape index (κ2) is 11.3. The van der Waals surface area contributed by atoms with Gasteiger partial charge in [-0.25, -0.2) is 9.97 Å². The van der Waals surface area contributed by atoms with E-state index in [-0.39, 0.29) is 28.3 Å². The van der Waals surface area contributed by atoms with Crippen LogP contribution in [0.25, 0.3) is 0 Å². The number of rotatable bonds is 11. The molecule has 10 heteroatoms. The molecule has 1 aromatic heterocycles. The van der Waals surface area contributed by atoms with Crippen molar-refractivity contribution in [1.82, 2.24) is 15.3 Å². The van der Waals surface area contributed by atoms with Crippen LogP contribution in [0.2, 0.25) is 10.2 Å². The van der Waals surface area contributed by atoms with Crippen molar-refractivity contribution in [3.8, 4) is 0 Å². The highest BCUT2D eigenvalue weighted by atomic mass is 35.5. The molecule has 5 N–H and O–H groups in total. The van der Waals surface area contributed by atoms with E-state index >= 15 is 0 Å². The molecule has 2 rings (SSSR count). The molecule has 168 valence electrons. The van der Waals surface area contributed by atoms with E-state index in [0.717, 1.165) is 24.9 Å². The van der Waals surface area contributed by atoms with Crippen LogP contribution >= 0.6 is 23.2 Å². The van der Waals surface area contributed by atoms with Gasteiger partial charge >= 0.3 is 0 Å². The van der Waals surface area contributed by atoms with Crippen LogP contribution in [-0.4, -0.2) is 59.9 Å². The summed E-state index contributed by atoms with van der Waals surface area (Å²) in [5.41, 5.74) is 12.2. The third-order valence-electron chi connectivity index (χ3n) is 4.91. The highest BCUT2D eigenvalue weighted by Crippen LogP contribution is 2.17. The number of carbonyl (C=O) groups excluding carboxylic acids is 2. The van der Waals surface area contributed by atoms with Crippen LogP contribution in [-0.2, 0) is 11.2 Å². The van der Waals surface area contributed by atoms with Crippen LogP contribution in [0.1, 0.15) is 35.3 Å². The fraction of sp³-hybridized carbons (Fsp3) is 0.429. The molecule has 0 atom stereocenters. The highest BCUT2D eigenvalue weighted by molar-refractivity contribution is 6.31. The SMILES string of the molecule is C[N+](C)(CCCCC(=O)Cc1ccc(Cl)cc1)CCNC(=O)c1nc(Cl)c(N)nc1N. The monoisotopic (exact) mass is 467 g/mol. The number of nitrogen functional groups attached to an aromatic ring is 2. The molecule has 0 unspecified atom stereocenters. The number of anilines is 2. The van der Waals surface area contributed by atoms with Crippen molar-refractivity contribution < 1.29 is 14.1 Å². The summed E-state index contributed by atoms with van der Waals surface area (Å²) < 4.78 is 0.704. The summed E-state index contributed by atoms with van der Waals surface area (Å²) >= 11 is 11.7. The summed E-state index contributed by atoms with van der Waals surface area (Å²) in [6.45, 7) is 2.03. The van der Waals surface area contributed by atoms with Gasteiger partial charge in [-0.1, -0.05) is 35.3 Å². The van der Waals surface area contributed by atoms with Crippen LogP contribution in [0.3, 0.4) is 0 Å². The van der Waals surface area contributed by atoms with E-state index in [9.17, 15) is 9.59 Å². The summed E-state index contributed by atoms with van der Waals surface area (Å²) in [5, 5.41) is 3.40. The van der Waals surface area contributed by atoms with Gasteiger partial charge in [0.15, 0.2) is 22.5 Å². The molecule has 31 heavy (non-hydrogen) atoms. The van der Waals surface area contributed by atoms with Gasteiger partial charge in [0.1, 0.15) is 5.78 Å². The molecule has 1 heterocycles. The molecule has 0 bridgehead atoms. The lowest BCUT2D eigenvalue weighted by Gasteiger charge is -2.29. The Balaban J connectivity index is 1.68. The predicted molar refractivity (Wildman–Crippen MR) is 124 cm³/mol. The highest BCUT2D eigenvalue weighted by Gasteiger charge is 2.18. The third-order valence-corrected chi connectivity index (χ3v) is 5.44. The zero-order valence-electron chi connectivity index (χ0n) is 17.8. The minimum Gasteiger partial charge on any atom is -0.382 e. The van der Waals surface area contributed by atoms with Crippen molar-refractivity contribution in [2.24, 2.45) is 0 Å². The van der Waals surface area contributed by atoms with Gasteiger partial charge in [-0.3, -0.25) is 9.59 Å². The number of nitrogens with one attached hydrogen (secondary N) is 1. The Morgan fingerprint density at radius 2 is 1.68 bits per heavy atom. The van der Waals surface area contributed by atoms with Gasteiger partial charge in [-0.2, -0.15) is 0 Å². The van der Waals surface area contributed by atoms with E-state index in [4.69, 9.17) is 34.7 Å². The van der Waals surface area contributed by atoms with Crippen molar-refractivity contribution in [3.63, 3.8) is 0 Å². The standard InChI is InChI=1S/C21H28Cl2N6O2/c1-29(2,11-4-3-5-16(30)13-14-6-8-15(22)9-7-14)12-10-26-21(31)17-19(24)28-20(25)18(23)27-17/h6-9H,3-5,10-13H2,1-2H3,(H4-,24,25,26,28,31)/p+1. The van der Waals surface area contributed by atoms with E-state index < -0.39 is 5.91 Å². The molecule has 8 nitrogen and oxygen atoms in total. The van der Waals surface area contributed by atoms with Crippen molar-refractivity contribution in [2.75, 3.05) is 45.2 Å². The Hall–Kier alpha value is -2.42. The Labute approximate surface area is 192 Å². The van der Waals surface area contributed by atoms with Crippen molar-refractivity contribution in [2.45, 2.75) is 25.7 Å². The van der Waals surface area contributed by atoms with Gasteiger partial charge in [0.25, 0.3) is 5.91 Å². The molecule has 0 saturated carbocycles. The molecule has 0 aliphatic heterocycles. The number of amides is 1. The van der Waals surface area contributed by atoms with E-state index in [0.29, 0.717) is 35.4 Å². The van der Waals surface area contributed by atoms with Crippen molar-refractivity contribution in [3.05, 3.63) is 45.7 Å². The summed E-state index contributed by atoms with van der Waals surface area (Å²) in [6.07, 6.45) is 2.73. The first kappa shape index (κ1) is 24.8. The van der Waals surface area contributed by atoms with Crippen molar-refractivity contribution in [1.29, 1.82) is 0 Å². The summed E-state index contributed by atoms with van der Waals surface area (Å²) in [6, 6.07) is 7.36. The summed E-state index contributed by atoms with van der Waals surface area (Å²) in [5.74, 6) is -0.294. The van der Waals surface area contributed by atoms with Gasteiger partial charge in [-0.05, 0) is 30.5 Å². The van der Waals surface area contributed by atoms with Gasteiger partial charge in [0.05, 0.1) is 33.7 Å². The number of likely N-dealkylation sites (N-methyl/N-ethyl adjacent to an activating group) is 1. The first-order valence-electron chi connectivity index (χ1n) is 10.0. The van der Waals surface area contributed by atoms with Gasteiger partial charge in [-0.15, -0.1) is 0 Å². The molecule has 0 spiro atoms. The lowest BCUT2D eigenvalue weighted by Crippen LogP contribution is -2.46. The average molecular weight is 468 g/mol. The lowest BCUT2D eigenvalue weighted by atomic mass is 10.0. The number of quaternary nitrogens is 1. The molecule has 0 fully saturated rings. The molecule has 2 aromatic rings. The number of hydrogen-bond donors (Lipinski definition) is 3. The first-order valence-corrected chi connectivity index (χ1v) is 10.8. The smallest absolute Gasteiger partial charge is 0.273 e. The van der Waals surface area contributed by atoms with E-state index in [1.165, 1.54) is 0 Å². The Kier molecular flexibility index (Phi) is 9.03. The van der Waals surface area contributed by atoms with Crippen molar-refractivity contribution >= 4 is 46.5 Å². The number of hydrogen-bond acceptors (Lipinski definition) is 6. The van der Waals surface area contributed by atoms with Crippen LogP contribution in [0.5, 0.6) is 0 Å². The molecular weight excluding hydrogens is 439 g/mol. The molecule has 1 amide bonds. The number of Topliss-reactive ketones (excluding diaryl/α,β-unsaturated/α-hetero) is 1. The number of benzene rings is 1. The van der Waals surface area contributed by atoms with Gasteiger partial charge < -0.3 is 21.3 Å². The maximum absolute atomic E-state index is 12.3. The molecule has 0 aliphatic rings.